The lowest BCUT2D eigenvalue weighted by molar-refractivity contribution is 0.653. The molecular weight excluding hydrogens is 304 g/mol. The fraction of sp³-hybridized carbons (Fsp3) is 0.143. The van der Waals surface area contributed by atoms with E-state index in [4.69, 9.17) is 16.0 Å². The molecule has 1 heterocycles. The van der Waals surface area contributed by atoms with Crippen molar-refractivity contribution in [3.63, 3.8) is 0 Å². The summed E-state index contributed by atoms with van der Waals surface area (Å²) in [4.78, 5) is 0. The smallest absolute Gasteiger partial charge is 0.145 e. The van der Waals surface area contributed by atoms with E-state index in [9.17, 15) is 0 Å². The largest absolute Gasteiger partial charge is 0.455 e. The van der Waals surface area contributed by atoms with Crippen molar-refractivity contribution < 1.29 is 4.42 Å². The molecule has 0 atom stereocenters. The molecule has 0 fully saturated rings. The third kappa shape index (κ3) is 1.53. The zero-order chi connectivity index (χ0) is 15.8. The molecule has 0 amide bonds. The number of hydrogen-bond acceptors (Lipinski definition) is 1. The van der Waals surface area contributed by atoms with Gasteiger partial charge in [0.15, 0.2) is 0 Å². The molecule has 0 saturated carbocycles. The van der Waals surface area contributed by atoms with Gasteiger partial charge < -0.3 is 4.42 Å². The number of hydrogen-bond donors (Lipinski definition) is 0. The van der Waals surface area contributed by atoms with Crippen molar-refractivity contribution >= 4 is 33.5 Å². The summed E-state index contributed by atoms with van der Waals surface area (Å²) in [5.41, 5.74) is 6.76. The maximum absolute atomic E-state index is 6.67. The summed E-state index contributed by atoms with van der Waals surface area (Å²) in [6, 6.07) is 18.8. The molecule has 1 aliphatic rings. The summed E-state index contributed by atoms with van der Waals surface area (Å²) < 4.78 is 6.24. The third-order valence-electron chi connectivity index (χ3n) is 5.14. The number of benzene rings is 3. The number of fused-ring (bicyclic) bond motifs is 7. The first-order valence-corrected chi connectivity index (χ1v) is 8.21. The normalized spacial score (nSPS) is 15.1. The molecule has 1 nitrogen and oxygen atoms in total. The van der Waals surface area contributed by atoms with E-state index in [1.807, 2.05) is 18.2 Å². The van der Waals surface area contributed by atoms with Gasteiger partial charge >= 0.3 is 0 Å². The number of halogens is 1. The SMILES string of the molecule is CC1(C)c2ccccc2-c2c1cc(Cl)c1c2oc2ccccc21. The van der Waals surface area contributed by atoms with Gasteiger partial charge in [-0.2, -0.15) is 0 Å². The predicted molar refractivity (Wildman–Crippen MR) is 96.3 cm³/mol. The molecule has 0 radical (unpaired) electrons. The van der Waals surface area contributed by atoms with Crippen molar-refractivity contribution in [1.82, 2.24) is 0 Å². The molecule has 112 valence electrons. The second-order valence-corrected chi connectivity index (χ2v) is 7.16. The molecule has 5 rings (SSSR count). The highest BCUT2D eigenvalue weighted by atomic mass is 35.5. The van der Waals surface area contributed by atoms with Crippen LogP contribution in [0.1, 0.15) is 25.0 Å². The molecule has 0 unspecified atom stereocenters. The molecule has 1 aliphatic carbocycles. The molecule has 2 heteroatoms. The average molecular weight is 319 g/mol. The van der Waals surface area contributed by atoms with Gasteiger partial charge in [0.05, 0.1) is 5.02 Å². The van der Waals surface area contributed by atoms with Crippen LogP contribution in [0.2, 0.25) is 5.02 Å². The highest BCUT2D eigenvalue weighted by Gasteiger charge is 2.38. The van der Waals surface area contributed by atoms with Crippen molar-refractivity contribution in [3.8, 4) is 11.1 Å². The number of rotatable bonds is 0. The summed E-state index contributed by atoms with van der Waals surface area (Å²) in [5.74, 6) is 0. The van der Waals surface area contributed by atoms with E-state index < -0.39 is 0 Å². The molecule has 23 heavy (non-hydrogen) atoms. The fourth-order valence-corrected chi connectivity index (χ4v) is 4.30. The highest BCUT2D eigenvalue weighted by molar-refractivity contribution is 6.38. The number of para-hydroxylation sites is 1. The van der Waals surface area contributed by atoms with Crippen LogP contribution in [0.3, 0.4) is 0 Å². The fourth-order valence-electron chi connectivity index (χ4n) is 4.00. The highest BCUT2D eigenvalue weighted by Crippen LogP contribution is 2.53. The molecule has 1 aromatic heterocycles. The summed E-state index contributed by atoms with van der Waals surface area (Å²) in [6.45, 7) is 4.50. The Hall–Kier alpha value is -2.25. The van der Waals surface area contributed by atoms with Gasteiger partial charge in [0.25, 0.3) is 0 Å². The maximum Gasteiger partial charge on any atom is 0.145 e. The molecular formula is C21H15ClO. The first-order valence-electron chi connectivity index (χ1n) is 7.83. The summed E-state index contributed by atoms with van der Waals surface area (Å²) >= 11 is 6.67. The third-order valence-corrected chi connectivity index (χ3v) is 5.44. The lowest BCUT2D eigenvalue weighted by atomic mass is 9.82. The Kier molecular flexibility index (Phi) is 2.40. The Balaban J connectivity index is 2.05. The van der Waals surface area contributed by atoms with Gasteiger partial charge in [-0.1, -0.05) is 67.9 Å². The van der Waals surface area contributed by atoms with E-state index in [0.717, 1.165) is 27.0 Å². The van der Waals surface area contributed by atoms with Crippen LogP contribution < -0.4 is 0 Å². The predicted octanol–water partition coefficient (Wildman–Crippen LogP) is 6.55. The van der Waals surface area contributed by atoms with Gasteiger partial charge in [0.1, 0.15) is 11.2 Å². The molecule has 3 aromatic carbocycles. The Morgan fingerprint density at radius 2 is 1.65 bits per heavy atom. The Labute approximate surface area is 139 Å². The Bertz CT molecular complexity index is 1100. The number of furan rings is 1. The van der Waals surface area contributed by atoms with Crippen molar-refractivity contribution in [1.29, 1.82) is 0 Å². The van der Waals surface area contributed by atoms with Crippen molar-refractivity contribution in [3.05, 3.63) is 70.7 Å². The summed E-state index contributed by atoms with van der Waals surface area (Å²) in [5, 5.41) is 2.87. The maximum atomic E-state index is 6.67. The zero-order valence-electron chi connectivity index (χ0n) is 13.0. The van der Waals surface area contributed by atoms with Gasteiger partial charge in [-0.25, -0.2) is 0 Å². The van der Waals surface area contributed by atoms with Gasteiger partial charge in [0.2, 0.25) is 0 Å². The van der Waals surface area contributed by atoms with Gasteiger partial charge in [-0.3, -0.25) is 0 Å². The van der Waals surface area contributed by atoms with Crippen LogP contribution in [0, 0.1) is 0 Å². The van der Waals surface area contributed by atoms with E-state index >= 15 is 0 Å². The Morgan fingerprint density at radius 1 is 0.913 bits per heavy atom. The minimum absolute atomic E-state index is 0.0667. The molecule has 0 N–H and O–H groups in total. The second-order valence-electron chi connectivity index (χ2n) is 6.75. The van der Waals surface area contributed by atoms with Crippen molar-refractivity contribution in [2.75, 3.05) is 0 Å². The Morgan fingerprint density at radius 3 is 2.52 bits per heavy atom. The summed E-state index contributed by atoms with van der Waals surface area (Å²) in [6.07, 6.45) is 0. The summed E-state index contributed by atoms with van der Waals surface area (Å²) in [7, 11) is 0. The van der Waals surface area contributed by atoms with Crippen LogP contribution in [-0.2, 0) is 5.41 Å². The second kappa shape index (κ2) is 4.18. The van der Waals surface area contributed by atoms with Crippen LogP contribution in [0.4, 0.5) is 0 Å². The quantitative estimate of drug-likeness (QED) is 0.358. The van der Waals surface area contributed by atoms with Gasteiger partial charge in [0, 0.05) is 21.8 Å². The lowest BCUT2D eigenvalue weighted by Gasteiger charge is -2.21. The van der Waals surface area contributed by atoms with E-state index in [-0.39, 0.29) is 5.41 Å². The topological polar surface area (TPSA) is 13.1 Å². The zero-order valence-corrected chi connectivity index (χ0v) is 13.7. The monoisotopic (exact) mass is 318 g/mol. The van der Waals surface area contributed by atoms with Crippen LogP contribution >= 0.6 is 11.6 Å². The van der Waals surface area contributed by atoms with E-state index in [1.165, 1.54) is 22.3 Å². The van der Waals surface area contributed by atoms with Gasteiger partial charge in [-0.15, -0.1) is 0 Å². The lowest BCUT2D eigenvalue weighted by Crippen LogP contribution is -2.14. The van der Waals surface area contributed by atoms with Crippen LogP contribution in [0.5, 0.6) is 0 Å². The molecule has 0 saturated heterocycles. The van der Waals surface area contributed by atoms with E-state index in [1.54, 1.807) is 0 Å². The first kappa shape index (κ1) is 13.2. The molecule has 4 aromatic rings. The average Bonchev–Trinajstić information content (AvgIpc) is 3.03. The molecule has 0 bridgehead atoms. The van der Waals surface area contributed by atoms with Crippen molar-refractivity contribution in [2.24, 2.45) is 0 Å². The van der Waals surface area contributed by atoms with E-state index in [2.05, 4.69) is 50.2 Å². The molecule has 0 spiro atoms. The van der Waals surface area contributed by atoms with Crippen LogP contribution in [-0.4, -0.2) is 0 Å². The first-order chi connectivity index (χ1) is 11.1. The van der Waals surface area contributed by atoms with Crippen LogP contribution in [0.25, 0.3) is 33.1 Å². The minimum Gasteiger partial charge on any atom is -0.455 e. The van der Waals surface area contributed by atoms with E-state index in [0.29, 0.717) is 0 Å². The standard InChI is InChI=1S/C21H15ClO/c1-21(2)14-9-5-3-7-12(14)18-15(21)11-16(22)19-13-8-4-6-10-17(13)23-20(18)19/h3-11H,1-2H3. The molecule has 0 aliphatic heterocycles. The van der Waals surface area contributed by atoms with Gasteiger partial charge in [-0.05, 0) is 28.8 Å². The van der Waals surface area contributed by atoms with Crippen molar-refractivity contribution in [2.45, 2.75) is 19.3 Å². The minimum atomic E-state index is -0.0667. The van der Waals surface area contributed by atoms with Crippen LogP contribution in [0.15, 0.2) is 59.0 Å².